The lowest BCUT2D eigenvalue weighted by atomic mass is 10.1. The van der Waals surface area contributed by atoms with E-state index in [0.29, 0.717) is 5.56 Å². The molecule has 72 heavy (non-hydrogen) atoms. The molecule has 0 nitrogen and oxygen atoms in total. The first-order valence-corrected chi connectivity index (χ1v) is 23.5. The van der Waals surface area contributed by atoms with Gasteiger partial charge in [0, 0.05) is 0 Å². The van der Waals surface area contributed by atoms with Gasteiger partial charge < -0.3 is 0 Å². The van der Waals surface area contributed by atoms with E-state index in [2.05, 4.69) is 6.07 Å². The summed E-state index contributed by atoms with van der Waals surface area (Å²) in [5.74, 6) is -0.982. The van der Waals surface area contributed by atoms with Crippen molar-refractivity contribution in [2.75, 3.05) is 0 Å². The molecule has 0 aliphatic heterocycles. The number of aryl methyl sites for hydroxylation is 6. The highest BCUT2D eigenvalue weighted by molar-refractivity contribution is 5.88. The van der Waals surface area contributed by atoms with Crippen molar-refractivity contribution in [2.24, 2.45) is 0 Å². The summed E-state index contributed by atoms with van der Waals surface area (Å²) in [6.07, 6.45) is 0. The highest BCUT2D eigenvalue weighted by Gasteiger charge is 2.02. The zero-order chi connectivity index (χ0) is 51.3. The lowest BCUT2D eigenvalue weighted by Gasteiger charge is -2.00. The quantitative estimate of drug-likeness (QED) is 0.133. The van der Waals surface area contributed by atoms with E-state index >= 15 is 0 Å². The van der Waals surface area contributed by atoms with Crippen LogP contribution in [0.15, 0.2) is 218 Å². The maximum Gasteiger partial charge on any atom is 0.126 e. The van der Waals surface area contributed by atoms with Crippen LogP contribution >= 0.6 is 0 Å². The van der Waals surface area contributed by atoms with Gasteiger partial charge in [-0.05, 0) is 201 Å². The molecule has 0 saturated heterocycles. The average molecular weight is 961 g/mol. The monoisotopic (exact) mass is 960 g/mol. The van der Waals surface area contributed by atoms with Crippen LogP contribution < -0.4 is 0 Å². The van der Waals surface area contributed by atoms with Crippen LogP contribution in [0.25, 0.3) is 64.6 Å². The Morgan fingerprint density at radius 3 is 1.28 bits per heavy atom. The van der Waals surface area contributed by atoms with Gasteiger partial charge in [-0.2, -0.15) is 0 Å². The van der Waals surface area contributed by atoms with Gasteiger partial charge in [-0.15, -0.1) is 0 Å². The minimum absolute atomic E-state index is 0.131. The molecule has 0 heterocycles. The van der Waals surface area contributed by atoms with Crippen LogP contribution in [-0.2, 0) is 0 Å². The number of rotatable bonds is 0. The maximum absolute atomic E-state index is 13.0. The largest absolute Gasteiger partial charge is 0.207 e. The Hall–Kier alpha value is -8.22. The topological polar surface area (TPSA) is 0 Å². The number of halogens is 6. The summed E-state index contributed by atoms with van der Waals surface area (Å²) in [4.78, 5) is 0. The summed E-state index contributed by atoms with van der Waals surface area (Å²) in [7, 11) is 0. The van der Waals surface area contributed by atoms with Crippen LogP contribution in [-0.4, -0.2) is 0 Å². The second-order valence-electron chi connectivity index (χ2n) is 17.8. The molecule has 0 aromatic heterocycles. The fourth-order valence-corrected chi connectivity index (χ4v) is 8.27. The first-order chi connectivity index (χ1) is 34.6. The van der Waals surface area contributed by atoms with Crippen molar-refractivity contribution in [2.45, 2.75) is 41.5 Å². The van der Waals surface area contributed by atoms with Crippen LogP contribution in [0.3, 0.4) is 0 Å². The molecule has 0 amide bonds. The highest BCUT2D eigenvalue weighted by atomic mass is 19.1. The molecule has 0 aliphatic rings. The van der Waals surface area contributed by atoms with E-state index < -0.39 is 0 Å². The third-order valence-electron chi connectivity index (χ3n) is 12.1. The molecule has 0 N–H and O–H groups in total. The van der Waals surface area contributed by atoms with Gasteiger partial charge in [0.25, 0.3) is 0 Å². The summed E-state index contributed by atoms with van der Waals surface area (Å²) in [5, 5.41) is 12.4. The van der Waals surface area contributed by atoms with Crippen LogP contribution in [0.4, 0.5) is 26.3 Å². The summed E-state index contributed by atoms with van der Waals surface area (Å²) in [6.45, 7) is 11.8. The van der Waals surface area contributed by atoms with Gasteiger partial charge in [-0.25, -0.2) is 26.3 Å². The van der Waals surface area contributed by atoms with Crippen molar-refractivity contribution >= 4 is 64.6 Å². The van der Waals surface area contributed by atoms with E-state index in [4.69, 9.17) is 0 Å². The van der Waals surface area contributed by atoms with Crippen LogP contribution in [0.5, 0.6) is 0 Å². The molecule has 0 unspecified atom stereocenters. The summed E-state index contributed by atoms with van der Waals surface area (Å²) >= 11 is 0. The van der Waals surface area contributed by atoms with Gasteiger partial charge in [-0.3, -0.25) is 0 Å². The Morgan fingerprint density at radius 2 is 0.611 bits per heavy atom. The predicted molar refractivity (Wildman–Crippen MR) is 292 cm³/mol. The lowest BCUT2D eigenvalue weighted by molar-refractivity contribution is 0.620. The molecule has 0 fully saturated rings. The molecule has 12 aromatic carbocycles. The van der Waals surface area contributed by atoms with Gasteiger partial charge in [-0.1, -0.05) is 157 Å². The molecule has 0 aliphatic carbocycles. The standard InChI is InChI=1S/6C11H9F/c1-8-2-3-10-7-11(12)5-4-9(10)6-8;1-8-2-3-9-4-5-11(12)7-10(9)6-8;1-8-3-2-4-9-7-10(12)5-6-11(8)9;1-8-3-2-4-9-5-6-10(12)7-11(8)9;1-8-6-10(12)7-9-4-2-3-5-11(8)9;1-8-6-9-4-2-3-5-10(9)7-11(8)12/h6*2-7H,1H3. The van der Waals surface area contributed by atoms with Crippen LogP contribution in [0.1, 0.15) is 33.4 Å². The molecule has 0 spiro atoms. The SMILES string of the molecule is Cc1cc(F)cc2ccccc12.Cc1cc2ccccc2cc1F.Cc1ccc2cc(F)ccc2c1.Cc1ccc2ccc(F)cc2c1.Cc1cccc2cc(F)ccc12.Cc1cccc2ccc(F)cc12. The summed E-state index contributed by atoms with van der Waals surface area (Å²) in [5.41, 5.74) is 6.36. The van der Waals surface area contributed by atoms with E-state index in [9.17, 15) is 26.3 Å². The molecular formula is C66H54F6. The normalized spacial score (nSPS) is 10.5. The summed E-state index contributed by atoms with van der Waals surface area (Å²) in [6, 6.07) is 65.4. The number of hydrogen-bond acceptors (Lipinski definition) is 0. The first kappa shape index (κ1) is 51.6. The second kappa shape index (κ2) is 24.1. The Morgan fingerprint density at radius 1 is 0.208 bits per heavy atom. The minimum Gasteiger partial charge on any atom is -0.207 e. The van der Waals surface area contributed by atoms with Crippen LogP contribution in [0, 0.1) is 76.4 Å². The number of fused-ring (bicyclic) bond motifs is 6. The highest BCUT2D eigenvalue weighted by Crippen LogP contribution is 2.23. The fourth-order valence-electron chi connectivity index (χ4n) is 8.27. The third kappa shape index (κ3) is 14.0. The molecule has 0 atom stereocenters. The zero-order valence-electron chi connectivity index (χ0n) is 41.1. The predicted octanol–water partition coefficient (Wildman–Crippen LogP) is 19.7. The third-order valence-corrected chi connectivity index (χ3v) is 12.1. The fraction of sp³-hybridized carbons (Fsp3) is 0.0909. The van der Waals surface area contributed by atoms with E-state index in [0.717, 1.165) is 81.3 Å². The Balaban J connectivity index is 0.000000127. The van der Waals surface area contributed by atoms with Gasteiger partial charge in [0.1, 0.15) is 34.9 Å². The van der Waals surface area contributed by atoms with E-state index in [1.165, 1.54) is 35.4 Å². The average Bonchev–Trinajstić information content (AvgIpc) is 3.35. The van der Waals surface area contributed by atoms with E-state index in [1.807, 2.05) is 162 Å². The van der Waals surface area contributed by atoms with Crippen molar-refractivity contribution in [3.05, 3.63) is 287 Å². The Bertz CT molecular complexity index is 3640. The lowest BCUT2D eigenvalue weighted by Crippen LogP contribution is -1.81. The van der Waals surface area contributed by atoms with Crippen molar-refractivity contribution in [1.29, 1.82) is 0 Å². The maximum atomic E-state index is 13.0. The molecule has 12 aromatic rings. The number of hydrogen-bond donors (Lipinski definition) is 0. The van der Waals surface area contributed by atoms with Gasteiger partial charge in [0.05, 0.1) is 0 Å². The van der Waals surface area contributed by atoms with Crippen molar-refractivity contribution < 1.29 is 26.3 Å². The summed E-state index contributed by atoms with van der Waals surface area (Å²) < 4.78 is 77.0. The van der Waals surface area contributed by atoms with Crippen molar-refractivity contribution in [3.63, 3.8) is 0 Å². The van der Waals surface area contributed by atoms with E-state index in [1.54, 1.807) is 67.6 Å². The molecule has 0 saturated carbocycles. The van der Waals surface area contributed by atoms with Crippen molar-refractivity contribution in [1.82, 2.24) is 0 Å². The minimum atomic E-state index is -0.175. The molecule has 360 valence electrons. The Kier molecular flexibility index (Phi) is 17.3. The molecular weight excluding hydrogens is 907 g/mol. The van der Waals surface area contributed by atoms with Gasteiger partial charge in [0.15, 0.2) is 0 Å². The van der Waals surface area contributed by atoms with Gasteiger partial charge >= 0.3 is 0 Å². The second-order valence-corrected chi connectivity index (χ2v) is 17.8. The smallest absolute Gasteiger partial charge is 0.126 e. The molecule has 12 rings (SSSR count). The van der Waals surface area contributed by atoms with E-state index in [-0.39, 0.29) is 34.9 Å². The van der Waals surface area contributed by atoms with Gasteiger partial charge in [0.2, 0.25) is 0 Å². The van der Waals surface area contributed by atoms with Crippen molar-refractivity contribution in [3.8, 4) is 0 Å². The number of benzene rings is 12. The molecule has 0 radical (unpaired) electrons. The molecule has 6 heteroatoms. The first-order valence-electron chi connectivity index (χ1n) is 23.5. The van der Waals surface area contributed by atoms with Crippen LogP contribution in [0.2, 0.25) is 0 Å². The zero-order valence-corrected chi connectivity index (χ0v) is 41.1. The Labute approximate surface area is 417 Å². The molecule has 0 bridgehead atoms.